The third kappa shape index (κ3) is 2.42. The zero-order valence-corrected chi connectivity index (χ0v) is 11.7. The maximum absolute atomic E-state index is 10.4. The molecule has 3 nitrogen and oxygen atoms in total. The van der Waals surface area contributed by atoms with Crippen molar-refractivity contribution in [1.82, 2.24) is 9.78 Å². The SMILES string of the molecule is Cc1cc(C)cc(C(O)c2c(Br)cnn2C)c1. The first-order valence-electron chi connectivity index (χ1n) is 5.42. The van der Waals surface area contributed by atoms with Gasteiger partial charge < -0.3 is 5.11 Å². The highest BCUT2D eigenvalue weighted by atomic mass is 79.9. The molecule has 4 heteroatoms. The van der Waals surface area contributed by atoms with Gasteiger partial charge in [0.1, 0.15) is 6.10 Å². The number of hydrogen-bond donors (Lipinski definition) is 1. The summed E-state index contributed by atoms with van der Waals surface area (Å²) in [5.41, 5.74) is 3.97. The molecule has 1 N–H and O–H groups in total. The molecule has 0 amide bonds. The standard InChI is InChI=1S/C13H15BrN2O/c1-8-4-9(2)6-10(5-8)13(17)12-11(14)7-15-16(12)3/h4-7,13,17H,1-3H3. The van der Waals surface area contributed by atoms with E-state index in [2.05, 4.69) is 27.1 Å². The molecule has 0 saturated heterocycles. The van der Waals surface area contributed by atoms with Crippen molar-refractivity contribution in [2.45, 2.75) is 20.0 Å². The zero-order chi connectivity index (χ0) is 12.6. The van der Waals surface area contributed by atoms with Gasteiger partial charge in [-0.1, -0.05) is 29.3 Å². The Hall–Kier alpha value is -1.13. The quantitative estimate of drug-likeness (QED) is 0.925. The van der Waals surface area contributed by atoms with Crippen LogP contribution in [0.5, 0.6) is 0 Å². The monoisotopic (exact) mass is 294 g/mol. The number of hydrogen-bond acceptors (Lipinski definition) is 2. The van der Waals surface area contributed by atoms with Crippen molar-refractivity contribution in [1.29, 1.82) is 0 Å². The molecule has 2 aromatic rings. The highest BCUT2D eigenvalue weighted by Crippen LogP contribution is 2.28. The number of aryl methyl sites for hydroxylation is 3. The molecule has 0 fully saturated rings. The molecular weight excluding hydrogens is 280 g/mol. The summed E-state index contributed by atoms with van der Waals surface area (Å²) in [4.78, 5) is 0. The van der Waals surface area contributed by atoms with Crippen molar-refractivity contribution < 1.29 is 5.11 Å². The van der Waals surface area contributed by atoms with E-state index in [1.165, 1.54) is 0 Å². The predicted octanol–water partition coefficient (Wildman–Crippen LogP) is 2.88. The van der Waals surface area contributed by atoms with Crippen LogP contribution >= 0.6 is 15.9 Å². The molecule has 0 spiro atoms. The molecule has 17 heavy (non-hydrogen) atoms. The van der Waals surface area contributed by atoms with Crippen molar-refractivity contribution in [3.63, 3.8) is 0 Å². The lowest BCUT2D eigenvalue weighted by atomic mass is 10.0. The summed E-state index contributed by atoms with van der Waals surface area (Å²) in [6.07, 6.45) is 1.04. The van der Waals surface area contributed by atoms with Gasteiger partial charge >= 0.3 is 0 Å². The van der Waals surface area contributed by atoms with Gasteiger partial charge in [0.05, 0.1) is 16.4 Å². The highest BCUT2D eigenvalue weighted by molar-refractivity contribution is 9.10. The molecule has 0 radical (unpaired) electrons. The van der Waals surface area contributed by atoms with Crippen LogP contribution in [0.3, 0.4) is 0 Å². The van der Waals surface area contributed by atoms with Gasteiger partial charge in [0.25, 0.3) is 0 Å². The fourth-order valence-electron chi connectivity index (χ4n) is 2.05. The molecule has 0 aliphatic carbocycles. The van der Waals surface area contributed by atoms with Crippen molar-refractivity contribution in [3.8, 4) is 0 Å². The maximum Gasteiger partial charge on any atom is 0.122 e. The van der Waals surface area contributed by atoms with Crippen LogP contribution in [-0.4, -0.2) is 14.9 Å². The molecule has 1 aromatic heterocycles. The average Bonchev–Trinajstić information content (AvgIpc) is 2.56. The second-order valence-electron chi connectivity index (χ2n) is 4.32. The fourth-order valence-corrected chi connectivity index (χ4v) is 2.62. The van der Waals surface area contributed by atoms with Gasteiger partial charge in [0.15, 0.2) is 0 Å². The van der Waals surface area contributed by atoms with E-state index >= 15 is 0 Å². The Morgan fingerprint density at radius 3 is 2.29 bits per heavy atom. The Morgan fingerprint density at radius 2 is 1.82 bits per heavy atom. The number of aliphatic hydroxyl groups is 1. The summed E-state index contributed by atoms with van der Waals surface area (Å²) in [6, 6.07) is 6.09. The third-order valence-electron chi connectivity index (χ3n) is 2.76. The van der Waals surface area contributed by atoms with Gasteiger partial charge in [0, 0.05) is 7.05 Å². The topological polar surface area (TPSA) is 38.1 Å². The minimum Gasteiger partial charge on any atom is -0.382 e. The Morgan fingerprint density at radius 1 is 1.24 bits per heavy atom. The van der Waals surface area contributed by atoms with Gasteiger partial charge in [-0.05, 0) is 35.3 Å². The highest BCUT2D eigenvalue weighted by Gasteiger charge is 2.18. The maximum atomic E-state index is 10.4. The van der Waals surface area contributed by atoms with E-state index in [1.807, 2.05) is 33.0 Å². The summed E-state index contributed by atoms with van der Waals surface area (Å²) in [6.45, 7) is 4.06. The van der Waals surface area contributed by atoms with Crippen LogP contribution in [0.25, 0.3) is 0 Å². The molecule has 0 bridgehead atoms. The zero-order valence-electron chi connectivity index (χ0n) is 10.1. The smallest absolute Gasteiger partial charge is 0.122 e. The van der Waals surface area contributed by atoms with Crippen LogP contribution in [0, 0.1) is 13.8 Å². The summed E-state index contributed by atoms with van der Waals surface area (Å²) in [5.74, 6) is 0. The summed E-state index contributed by atoms with van der Waals surface area (Å²) in [5, 5.41) is 14.5. The predicted molar refractivity (Wildman–Crippen MR) is 70.9 cm³/mol. The molecule has 0 aliphatic heterocycles. The van der Waals surface area contributed by atoms with E-state index in [0.29, 0.717) is 0 Å². The average molecular weight is 295 g/mol. The van der Waals surface area contributed by atoms with E-state index in [0.717, 1.165) is 26.9 Å². The summed E-state index contributed by atoms with van der Waals surface area (Å²) in [7, 11) is 1.83. The van der Waals surface area contributed by atoms with Crippen LogP contribution < -0.4 is 0 Å². The second-order valence-corrected chi connectivity index (χ2v) is 5.18. The molecular formula is C13H15BrN2O. The molecule has 0 aliphatic rings. The molecule has 1 atom stereocenters. The second kappa shape index (κ2) is 4.63. The lowest BCUT2D eigenvalue weighted by Gasteiger charge is -2.14. The van der Waals surface area contributed by atoms with Crippen LogP contribution in [0.1, 0.15) is 28.5 Å². The number of halogens is 1. The number of aliphatic hydroxyl groups excluding tert-OH is 1. The van der Waals surface area contributed by atoms with Crippen LogP contribution in [0.2, 0.25) is 0 Å². The lowest BCUT2D eigenvalue weighted by molar-refractivity contribution is 0.209. The van der Waals surface area contributed by atoms with Crippen LogP contribution in [-0.2, 0) is 7.05 Å². The van der Waals surface area contributed by atoms with Gasteiger partial charge in [-0.15, -0.1) is 0 Å². The van der Waals surface area contributed by atoms with Crippen molar-refractivity contribution in [3.05, 3.63) is 51.3 Å². The number of aromatic nitrogens is 2. The van der Waals surface area contributed by atoms with Gasteiger partial charge in [-0.25, -0.2) is 0 Å². The Balaban J connectivity index is 2.47. The van der Waals surface area contributed by atoms with Crippen LogP contribution in [0.15, 0.2) is 28.9 Å². The van der Waals surface area contributed by atoms with Gasteiger partial charge in [-0.3, -0.25) is 4.68 Å². The van der Waals surface area contributed by atoms with Crippen molar-refractivity contribution >= 4 is 15.9 Å². The minimum absolute atomic E-state index is 0.657. The van der Waals surface area contributed by atoms with Crippen LogP contribution in [0.4, 0.5) is 0 Å². The van der Waals surface area contributed by atoms with Gasteiger partial charge in [0.2, 0.25) is 0 Å². The van der Waals surface area contributed by atoms with E-state index in [9.17, 15) is 5.11 Å². The lowest BCUT2D eigenvalue weighted by Crippen LogP contribution is -2.07. The number of nitrogens with zero attached hydrogens (tertiary/aromatic N) is 2. The van der Waals surface area contributed by atoms with Gasteiger partial charge in [-0.2, -0.15) is 5.10 Å². The Bertz CT molecular complexity index is 509. The van der Waals surface area contributed by atoms with Crippen molar-refractivity contribution in [2.24, 2.45) is 7.05 Å². The summed E-state index contributed by atoms with van der Waals surface area (Å²) < 4.78 is 2.51. The first-order valence-corrected chi connectivity index (χ1v) is 6.22. The fraction of sp³-hybridized carbons (Fsp3) is 0.308. The van der Waals surface area contributed by atoms with E-state index < -0.39 is 6.10 Å². The molecule has 1 unspecified atom stereocenters. The molecule has 1 heterocycles. The number of rotatable bonds is 2. The summed E-state index contributed by atoms with van der Waals surface area (Å²) >= 11 is 3.41. The van der Waals surface area contributed by atoms with Crippen molar-refractivity contribution in [2.75, 3.05) is 0 Å². The molecule has 2 rings (SSSR count). The van der Waals surface area contributed by atoms with E-state index in [4.69, 9.17) is 0 Å². The third-order valence-corrected chi connectivity index (χ3v) is 3.37. The van der Waals surface area contributed by atoms with E-state index in [1.54, 1.807) is 10.9 Å². The molecule has 1 aromatic carbocycles. The normalized spacial score (nSPS) is 12.8. The largest absolute Gasteiger partial charge is 0.382 e. The van der Waals surface area contributed by atoms with E-state index in [-0.39, 0.29) is 0 Å². The first-order chi connectivity index (χ1) is 7.99. The number of benzene rings is 1. The Labute approximate surface area is 109 Å². The molecule has 0 saturated carbocycles. The first kappa shape index (κ1) is 12.3. The minimum atomic E-state index is -0.657. The Kier molecular flexibility index (Phi) is 3.35. The molecule has 90 valence electrons.